The van der Waals surface area contributed by atoms with Crippen LogP contribution >= 0.6 is 11.3 Å². The van der Waals surface area contributed by atoms with Crippen molar-refractivity contribution >= 4 is 11.3 Å². The maximum Gasteiger partial charge on any atom is 0.107 e. The second-order valence-electron chi connectivity index (χ2n) is 4.05. The van der Waals surface area contributed by atoms with Gasteiger partial charge in [0.25, 0.3) is 0 Å². The van der Waals surface area contributed by atoms with Crippen LogP contribution in [-0.2, 0) is 6.54 Å². The zero-order valence-corrected chi connectivity index (χ0v) is 10.9. The molecule has 92 valence electrons. The summed E-state index contributed by atoms with van der Waals surface area (Å²) in [4.78, 5) is 5.62. The fourth-order valence-corrected chi connectivity index (χ4v) is 2.26. The third-order valence-electron chi connectivity index (χ3n) is 2.97. The van der Waals surface area contributed by atoms with Gasteiger partial charge in [-0.2, -0.15) is 0 Å². The van der Waals surface area contributed by atoms with Crippen LogP contribution in [0.25, 0.3) is 0 Å². The van der Waals surface area contributed by atoms with Crippen molar-refractivity contribution in [2.75, 3.05) is 13.2 Å². The molecule has 0 spiro atoms. The van der Waals surface area contributed by atoms with E-state index in [0.717, 1.165) is 10.7 Å². The SMILES string of the molecule is CCC(CO)(CO)NCc1nc(C)c(C)s1. The van der Waals surface area contributed by atoms with E-state index in [1.807, 2.05) is 20.8 Å². The summed E-state index contributed by atoms with van der Waals surface area (Å²) in [5.74, 6) is 0. The first kappa shape index (κ1) is 13.6. The highest BCUT2D eigenvalue weighted by Crippen LogP contribution is 2.17. The molecule has 0 aromatic carbocycles. The van der Waals surface area contributed by atoms with Crippen LogP contribution in [0.5, 0.6) is 0 Å². The molecule has 0 aliphatic heterocycles. The molecule has 4 nitrogen and oxygen atoms in total. The summed E-state index contributed by atoms with van der Waals surface area (Å²) < 4.78 is 0. The van der Waals surface area contributed by atoms with Crippen molar-refractivity contribution in [2.24, 2.45) is 0 Å². The van der Waals surface area contributed by atoms with E-state index in [4.69, 9.17) is 0 Å². The van der Waals surface area contributed by atoms with Gasteiger partial charge in [0.1, 0.15) is 5.01 Å². The van der Waals surface area contributed by atoms with Gasteiger partial charge in [0.2, 0.25) is 0 Å². The lowest BCUT2D eigenvalue weighted by atomic mass is 9.99. The molecule has 0 radical (unpaired) electrons. The molecule has 0 saturated carbocycles. The van der Waals surface area contributed by atoms with Crippen LogP contribution in [-0.4, -0.2) is 33.9 Å². The molecular weight excluding hydrogens is 224 g/mol. The molecule has 0 atom stereocenters. The van der Waals surface area contributed by atoms with Crippen LogP contribution in [0, 0.1) is 13.8 Å². The summed E-state index contributed by atoms with van der Waals surface area (Å²) in [6.45, 7) is 6.43. The highest BCUT2D eigenvalue weighted by molar-refractivity contribution is 7.11. The number of thiazole rings is 1. The van der Waals surface area contributed by atoms with E-state index >= 15 is 0 Å². The quantitative estimate of drug-likeness (QED) is 0.698. The molecular formula is C11H20N2O2S. The first-order valence-electron chi connectivity index (χ1n) is 5.46. The van der Waals surface area contributed by atoms with Gasteiger partial charge < -0.3 is 15.5 Å². The van der Waals surface area contributed by atoms with Crippen molar-refractivity contribution in [2.45, 2.75) is 39.3 Å². The third-order valence-corrected chi connectivity index (χ3v) is 4.04. The van der Waals surface area contributed by atoms with E-state index in [9.17, 15) is 10.2 Å². The van der Waals surface area contributed by atoms with Crippen molar-refractivity contribution < 1.29 is 10.2 Å². The molecule has 1 rings (SSSR count). The first-order chi connectivity index (χ1) is 7.56. The zero-order valence-electron chi connectivity index (χ0n) is 10.1. The van der Waals surface area contributed by atoms with Gasteiger partial charge in [0.05, 0.1) is 24.4 Å². The average Bonchev–Trinajstić information content (AvgIpc) is 2.61. The smallest absolute Gasteiger partial charge is 0.107 e. The lowest BCUT2D eigenvalue weighted by Crippen LogP contribution is -2.50. The fraction of sp³-hybridized carbons (Fsp3) is 0.727. The molecule has 5 heteroatoms. The van der Waals surface area contributed by atoms with Crippen molar-refractivity contribution in [3.63, 3.8) is 0 Å². The van der Waals surface area contributed by atoms with Gasteiger partial charge in [-0.15, -0.1) is 11.3 Å². The third kappa shape index (κ3) is 3.01. The van der Waals surface area contributed by atoms with Crippen LogP contribution in [0.2, 0.25) is 0 Å². The number of hydrogen-bond donors (Lipinski definition) is 3. The molecule has 0 bridgehead atoms. The van der Waals surface area contributed by atoms with Crippen LogP contribution in [0.4, 0.5) is 0 Å². The Bertz CT molecular complexity index is 307. The first-order valence-corrected chi connectivity index (χ1v) is 6.28. The number of aliphatic hydroxyl groups is 2. The normalized spacial score (nSPS) is 12.1. The number of nitrogens with one attached hydrogen (secondary N) is 1. The summed E-state index contributed by atoms with van der Waals surface area (Å²) in [5, 5.41) is 22.7. The van der Waals surface area contributed by atoms with Gasteiger partial charge >= 0.3 is 0 Å². The van der Waals surface area contributed by atoms with E-state index in [1.54, 1.807) is 11.3 Å². The fourth-order valence-electron chi connectivity index (χ4n) is 1.39. The predicted octanol–water partition coefficient (Wildman–Crippen LogP) is 0.983. The molecule has 3 N–H and O–H groups in total. The Morgan fingerprint density at radius 1 is 1.31 bits per heavy atom. The summed E-state index contributed by atoms with van der Waals surface area (Å²) in [6.07, 6.45) is 0.684. The number of nitrogens with zero attached hydrogens (tertiary/aromatic N) is 1. The van der Waals surface area contributed by atoms with E-state index in [0.29, 0.717) is 13.0 Å². The van der Waals surface area contributed by atoms with Crippen LogP contribution < -0.4 is 5.32 Å². The van der Waals surface area contributed by atoms with Gasteiger partial charge in [-0.3, -0.25) is 0 Å². The van der Waals surface area contributed by atoms with Crippen molar-refractivity contribution in [1.82, 2.24) is 10.3 Å². The Labute approximate surface area is 100 Å². The topological polar surface area (TPSA) is 65.4 Å². The summed E-state index contributed by atoms with van der Waals surface area (Å²) in [5.41, 5.74) is 0.463. The zero-order chi connectivity index (χ0) is 12.2. The van der Waals surface area contributed by atoms with Gasteiger partial charge in [-0.25, -0.2) is 4.98 Å². The van der Waals surface area contributed by atoms with E-state index in [1.165, 1.54) is 4.88 Å². The Balaban J connectivity index is 2.62. The van der Waals surface area contributed by atoms with Gasteiger partial charge in [0, 0.05) is 11.4 Å². The maximum atomic E-state index is 9.27. The number of aliphatic hydroxyl groups excluding tert-OH is 2. The Morgan fingerprint density at radius 3 is 2.31 bits per heavy atom. The highest BCUT2D eigenvalue weighted by Gasteiger charge is 2.25. The van der Waals surface area contributed by atoms with Gasteiger partial charge in [-0.05, 0) is 20.3 Å². The molecule has 16 heavy (non-hydrogen) atoms. The lowest BCUT2D eigenvalue weighted by molar-refractivity contribution is 0.0864. The standard InChI is InChI=1S/C11H20N2O2S/c1-4-11(6-14,7-15)12-5-10-13-8(2)9(3)16-10/h12,14-15H,4-7H2,1-3H3. The van der Waals surface area contributed by atoms with Crippen LogP contribution in [0.15, 0.2) is 0 Å². The average molecular weight is 244 g/mol. The molecule has 0 fully saturated rings. The summed E-state index contributed by atoms with van der Waals surface area (Å²) in [7, 11) is 0. The minimum absolute atomic E-state index is 0.0661. The Morgan fingerprint density at radius 2 is 1.94 bits per heavy atom. The van der Waals surface area contributed by atoms with Crippen LogP contribution in [0.1, 0.15) is 28.9 Å². The van der Waals surface area contributed by atoms with E-state index in [2.05, 4.69) is 10.3 Å². The number of rotatable bonds is 6. The summed E-state index contributed by atoms with van der Waals surface area (Å²) >= 11 is 1.65. The number of hydrogen-bond acceptors (Lipinski definition) is 5. The Kier molecular flexibility index (Phi) is 4.86. The molecule has 1 aromatic heterocycles. The predicted molar refractivity (Wildman–Crippen MR) is 65.6 cm³/mol. The molecule has 1 heterocycles. The minimum Gasteiger partial charge on any atom is -0.394 e. The second kappa shape index (κ2) is 5.72. The van der Waals surface area contributed by atoms with E-state index < -0.39 is 5.54 Å². The molecule has 0 unspecified atom stereocenters. The number of aromatic nitrogens is 1. The van der Waals surface area contributed by atoms with Crippen LogP contribution in [0.3, 0.4) is 0 Å². The maximum absolute atomic E-state index is 9.27. The molecule has 0 aliphatic carbocycles. The largest absolute Gasteiger partial charge is 0.394 e. The van der Waals surface area contributed by atoms with E-state index in [-0.39, 0.29) is 13.2 Å². The minimum atomic E-state index is -0.590. The number of aryl methyl sites for hydroxylation is 2. The van der Waals surface area contributed by atoms with Gasteiger partial charge in [0.15, 0.2) is 0 Å². The molecule has 0 amide bonds. The molecule has 0 saturated heterocycles. The monoisotopic (exact) mass is 244 g/mol. The summed E-state index contributed by atoms with van der Waals surface area (Å²) in [6, 6.07) is 0. The van der Waals surface area contributed by atoms with Gasteiger partial charge in [-0.1, -0.05) is 6.92 Å². The van der Waals surface area contributed by atoms with Crippen molar-refractivity contribution in [3.05, 3.63) is 15.6 Å². The molecule has 0 aliphatic rings. The molecule has 1 aromatic rings. The highest BCUT2D eigenvalue weighted by atomic mass is 32.1. The Hall–Kier alpha value is -0.490. The lowest BCUT2D eigenvalue weighted by Gasteiger charge is -2.29. The second-order valence-corrected chi connectivity index (χ2v) is 5.34. The van der Waals surface area contributed by atoms with Crippen molar-refractivity contribution in [3.8, 4) is 0 Å². The van der Waals surface area contributed by atoms with Crippen molar-refractivity contribution in [1.29, 1.82) is 0 Å².